The van der Waals surface area contributed by atoms with E-state index < -0.39 is 0 Å². The third-order valence-corrected chi connectivity index (χ3v) is 7.27. The van der Waals surface area contributed by atoms with Gasteiger partial charge in [0.05, 0.1) is 11.4 Å². The molecule has 0 fully saturated rings. The Labute approximate surface area is 214 Å². The summed E-state index contributed by atoms with van der Waals surface area (Å²) < 4.78 is 0. The number of unbranched alkanes of at least 4 members (excludes halogenated alkanes) is 1. The van der Waals surface area contributed by atoms with Crippen molar-refractivity contribution in [3.05, 3.63) is 106 Å². The molecule has 3 aromatic carbocycles. The standard InChI is InChI=1S/C32H36N2S/c1-6-7-12-24-17-19-25(20-18-24)30(29-21-35-32(33-29)26-13-9-8-10-14-26)34-31-27(22(2)3)15-11-16-28(31)23(4)5/h8-11,13-23H,6-7,12H2,1-5H3. The Morgan fingerprint density at radius 3 is 2.09 bits per heavy atom. The van der Waals surface area contributed by atoms with Crippen LogP contribution in [-0.4, -0.2) is 10.7 Å². The molecular formula is C32H36N2S. The van der Waals surface area contributed by atoms with Crippen molar-refractivity contribution in [2.24, 2.45) is 4.99 Å². The van der Waals surface area contributed by atoms with Gasteiger partial charge in [0, 0.05) is 16.5 Å². The van der Waals surface area contributed by atoms with Crippen molar-refractivity contribution >= 4 is 22.7 Å². The summed E-state index contributed by atoms with van der Waals surface area (Å²) in [6.45, 7) is 11.2. The van der Waals surface area contributed by atoms with Gasteiger partial charge in [-0.3, -0.25) is 0 Å². The SMILES string of the molecule is CCCCc1ccc(C(=Nc2c(C(C)C)cccc2C(C)C)c2csc(-c3ccccc3)n2)cc1. The maximum absolute atomic E-state index is 5.40. The fourth-order valence-corrected chi connectivity index (χ4v) is 5.14. The lowest BCUT2D eigenvalue weighted by Crippen LogP contribution is -2.06. The maximum Gasteiger partial charge on any atom is 0.124 e. The molecule has 0 aliphatic rings. The van der Waals surface area contributed by atoms with E-state index in [1.54, 1.807) is 11.3 Å². The number of para-hydroxylation sites is 1. The highest BCUT2D eigenvalue weighted by Gasteiger charge is 2.18. The Kier molecular flexibility index (Phi) is 8.30. The van der Waals surface area contributed by atoms with Crippen LogP contribution in [0, 0.1) is 0 Å². The molecular weight excluding hydrogens is 444 g/mol. The first-order chi connectivity index (χ1) is 17.0. The van der Waals surface area contributed by atoms with Crippen molar-refractivity contribution < 1.29 is 0 Å². The normalized spacial score (nSPS) is 12.0. The molecule has 35 heavy (non-hydrogen) atoms. The average molecular weight is 481 g/mol. The summed E-state index contributed by atoms with van der Waals surface area (Å²) >= 11 is 1.68. The first-order valence-corrected chi connectivity index (χ1v) is 13.7. The average Bonchev–Trinajstić information content (AvgIpc) is 3.36. The second-order valence-corrected chi connectivity index (χ2v) is 10.6. The summed E-state index contributed by atoms with van der Waals surface area (Å²) in [7, 11) is 0. The Morgan fingerprint density at radius 2 is 1.49 bits per heavy atom. The highest BCUT2D eigenvalue weighted by Crippen LogP contribution is 2.36. The topological polar surface area (TPSA) is 25.2 Å². The summed E-state index contributed by atoms with van der Waals surface area (Å²) in [5.74, 6) is 0.779. The fraction of sp³-hybridized carbons (Fsp3) is 0.312. The summed E-state index contributed by atoms with van der Waals surface area (Å²) in [6, 6.07) is 26.0. The number of aliphatic imine (C=N–C) groups is 1. The zero-order chi connectivity index (χ0) is 24.8. The van der Waals surface area contributed by atoms with E-state index in [0.29, 0.717) is 11.8 Å². The maximum atomic E-state index is 5.40. The Hall–Kier alpha value is -3.04. The molecule has 4 aromatic rings. The van der Waals surface area contributed by atoms with Crippen LogP contribution in [0.25, 0.3) is 10.6 Å². The number of hydrogen-bond donors (Lipinski definition) is 0. The van der Waals surface area contributed by atoms with Crippen LogP contribution >= 0.6 is 11.3 Å². The van der Waals surface area contributed by atoms with Gasteiger partial charge in [0.15, 0.2) is 0 Å². The van der Waals surface area contributed by atoms with E-state index in [1.807, 2.05) is 6.07 Å². The molecule has 0 atom stereocenters. The van der Waals surface area contributed by atoms with E-state index in [9.17, 15) is 0 Å². The number of aromatic nitrogens is 1. The molecule has 0 amide bonds. The van der Waals surface area contributed by atoms with Crippen LogP contribution in [-0.2, 0) is 6.42 Å². The number of rotatable bonds is 9. The molecule has 0 aliphatic carbocycles. The van der Waals surface area contributed by atoms with E-state index in [4.69, 9.17) is 9.98 Å². The van der Waals surface area contributed by atoms with Crippen LogP contribution in [0.15, 0.2) is 83.2 Å². The van der Waals surface area contributed by atoms with E-state index in [2.05, 4.69) is 107 Å². The first kappa shape index (κ1) is 25.1. The number of hydrogen-bond acceptors (Lipinski definition) is 3. The summed E-state index contributed by atoms with van der Waals surface area (Å²) in [6.07, 6.45) is 3.54. The van der Waals surface area contributed by atoms with Gasteiger partial charge in [-0.05, 0) is 41.4 Å². The minimum absolute atomic E-state index is 0.389. The molecule has 3 heteroatoms. The van der Waals surface area contributed by atoms with Crippen LogP contribution in [0.2, 0.25) is 0 Å². The monoisotopic (exact) mass is 480 g/mol. The number of aryl methyl sites for hydroxylation is 1. The van der Waals surface area contributed by atoms with Crippen LogP contribution in [0.4, 0.5) is 5.69 Å². The molecule has 0 unspecified atom stereocenters. The smallest absolute Gasteiger partial charge is 0.124 e. The minimum Gasteiger partial charge on any atom is -0.246 e. The Bertz CT molecular complexity index is 1240. The largest absolute Gasteiger partial charge is 0.246 e. The van der Waals surface area contributed by atoms with Gasteiger partial charge in [0.25, 0.3) is 0 Å². The third-order valence-electron chi connectivity index (χ3n) is 6.38. The van der Waals surface area contributed by atoms with Gasteiger partial charge in [-0.1, -0.05) is 114 Å². The van der Waals surface area contributed by atoms with Gasteiger partial charge in [0.1, 0.15) is 10.7 Å². The molecule has 1 aromatic heterocycles. The molecule has 0 N–H and O–H groups in total. The predicted molar refractivity (Wildman–Crippen MR) is 153 cm³/mol. The van der Waals surface area contributed by atoms with E-state index in [-0.39, 0.29) is 0 Å². The van der Waals surface area contributed by atoms with Crippen molar-refractivity contribution in [2.75, 3.05) is 0 Å². The molecule has 0 radical (unpaired) electrons. The van der Waals surface area contributed by atoms with E-state index in [1.165, 1.54) is 29.5 Å². The van der Waals surface area contributed by atoms with Gasteiger partial charge >= 0.3 is 0 Å². The summed E-state index contributed by atoms with van der Waals surface area (Å²) in [5.41, 5.74) is 9.18. The van der Waals surface area contributed by atoms with Gasteiger partial charge in [-0.2, -0.15) is 0 Å². The van der Waals surface area contributed by atoms with Gasteiger partial charge in [0.2, 0.25) is 0 Å². The molecule has 1 heterocycles. The Balaban J connectivity index is 1.87. The van der Waals surface area contributed by atoms with E-state index >= 15 is 0 Å². The molecule has 0 aliphatic heterocycles. The molecule has 180 valence electrons. The Morgan fingerprint density at radius 1 is 0.829 bits per heavy atom. The van der Waals surface area contributed by atoms with Crippen molar-refractivity contribution in [3.63, 3.8) is 0 Å². The fourth-order valence-electron chi connectivity index (χ4n) is 4.33. The number of nitrogens with zero attached hydrogens (tertiary/aromatic N) is 2. The number of benzene rings is 3. The third kappa shape index (κ3) is 5.97. The quantitative estimate of drug-likeness (QED) is 0.219. The van der Waals surface area contributed by atoms with Crippen LogP contribution in [0.1, 0.15) is 87.2 Å². The van der Waals surface area contributed by atoms with Crippen LogP contribution in [0.5, 0.6) is 0 Å². The van der Waals surface area contributed by atoms with Crippen molar-refractivity contribution in [1.82, 2.24) is 4.98 Å². The highest BCUT2D eigenvalue weighted by molar-refractivity contribution is 7.13. The lowest BCUT2D eigenvalue weighted by molar-refractivity contribution is 0.795. The minimum atomic E-state index is 0.389. The molecule has 0 bridgehead atoms. The number of thiazole rings is 1. The summed E-state index contributed by atoms with van der Waals surface area (Å²) in [5, 5.41) is 3.17. The molecule has 4 rings (SSSR count). The molecule has 0 saturated carbocycles. The van der Waals surface area contributed by atoms with Gasteiger partial charge in [-0.25, -0.2) is 9.98 Å². The molecule has 0 saturated heterocycles. The van der Waals surface area contributed by atoms with Crippen molar-refractivity contribution in [1.29, 1.82) is 0 Å². The lowest BCUT2D eigenvalue weighted by atomic mass is 9.92. The predicted octanol–water partition coefficient (Wildman–Crippen LogP) is 9.57. The zero-order valence-electron chi connectivity index (χ0n) is 21.6. The molecule has 2 nitrogen and oxygen atoms in total. The molecule has 0 spiro atoms. The van der Waals surface area contributed by atoms with E-state index in [0.717, 1.165) is 39.6 Å². The second-order valence-electron chi connectivity index (χ2n) is 9.76. The van der Waals surface area contributed by atoms with Crippen LogP contribution in [0.3, 0.4) is 0 Å². The van der Waals surface area contributed by atoms with Gasteiger partial charge in [-0.15, -0.1) is 11.3 Å². The second kappa shape index (κ2) is 11.6. The highest BCUT2D eigenvalue weighted by atomic mass is 32.1. The summed E-state index contributed by atoms with van der Waals surface area (Å²) in [4.78, 5) is 10.5. The van der Waals surface area contributed by atoms with Crippen LogP contribution < -0.4 is 0 Å². The first-order valence-electron chi connectivity index (χ1n) is 12.8. The lowest BCUT2D eigenvalue weighted by Gasteiger charge is -2.17. The van der Waals surface area contributed by atoms with Crippen molar-refractivity contribution in [2.45, 2.75) is 65.7 Å². The zero-order valence-corrected chi connectivity index (χ0v) is 22.4. The van der Waals surface area contributed by atoms with Crippen molar-refractivity contribution in [3.8, 4) is 10.6 Å². The van der Waals surface area contributed by atoms with Gasteiger partial charge < -0.3 is 0 Å².